The molecule has 10 heteroatoms. The van der Waals surface area contributed by atoms with E-state index in [1.807, 2.05) is 4.72 Å². The van der Waals surface area contributed by atoms with Crippen LogP contribution in [-0.4, -0.2) is 29.4 Å². The number of ketones is 1. The first-order chi connectivity index (χ1) is 12.6. The summed E-state index contributed by atoms with van der Waals surface area (Å²) in [5.74, 6) is -3.42. The van der Waals surface area contributed by atoms with Crippen molar-refractivity contribution < 1.29 is 22.0 Å². The summed E-state index contributed by atoms with van der Waals surface area (Å²) in [6, 6.07) is 3.18. The number of nitrogens with one attached hydrogen (secondary N) is 2. The molecule has 142 valence electrons. The molecular weight excluding hydrogens is 400 g/mol. The van der Waals surface area contributed by atoms with E-state index in [9.17, 15) is 22.0 Å². The Bertz CT molecular complexity index is 1160. The number of aromatic nitrogens is 2. The minimum atomic E-state index is -3.89. The largest absolute Gasteiger partial charge is 0.345 e. The van der Waals surface area contributed by atoms with Crippen molar-refractivity contribution in [3.05, 3.63) is 58.4 Å². The highest BCUT2D eigenvalue weighted by Crippen LogP contribution is 2.30. The molecule has 0 aliphatic carbocycles. The van der Waals surface area contributed by atoms with Gasteiger partial charge in [-0.2, -0.15) is 0 Å². The molecule has 2 heterocycles. The summed E-state index contributed by atoms with van der Waals surface area (Å²) in [6.45, 7) is 2.80. The lowest BCUT2D eigenvalue weighted by molar-refractivity contribution is 0.103. The second kappa shape index (κ2) is 6.90. The van der Waals surface area contributed by atoms with E-state index in [1.54, 1.807) is 0 Å². The van der Waals surface area contributed by atoms with Crippen LogP contribution in [0.3, 0.4) is 0 Å². The van der Waals surface area contributed by atoms with Crippen molar-refractivity contribution in [3.63, 3.8) is 0 Å². The van der Waals surface area contributed by atoms with Gasteiger partial charge in [0.15, 0.2) is 5.82 Å². The zero-order valence-corrected chi connectivity index (χ0v) is 15.8. The number of carbonyl (C=O) groups is 1. The van der Waals surface area contributed by atoms with Crippen LogP contribution in [0.5, 0.6) is 0 Å². The minimum Gasteiger partial charge on any atom is -0.345 e. The van der Waals surface area contributed by atoms with E-state index in [-0.39, 0.29) is 21.6 Å². The van der Waals surface area contributed by atoms with Crippen molar-refractivity contribution in [2.75, 3.05) is 4.72 Å². The van der Waals surface area contributed by atoms with E-state index >= 15 is 0 Å². The first-order valence-electron chi connectivity index (χ1n) is 7.79. The molecule has 3 aromatic rings. The Hall–Kier alpha value is -2.52. The lowest BCUT2D eigenvalue weighted by Gasteiger charge is -2.13. The molecule has 0 fully saturated rings. The van der Waals surface area contributed by atoms with Gasteiger partial charge in [-0.3, -0.25) is 9.52 Å². The smallest absolute Gasteiger partial charge is 0.235 e. The molecule has 0 unspecified atom stereocenters. The van der Waals surface area contributed by atoms with Crippen molar-refractivity contribution >= 4 is 44.1 Å². The highest BCUT2D eigenvalue weighted by atomic mass is 35.5. The van der Waals surface area contributed by atoms with Gasteiger partial charge in [-0.15, -0.1) is 0 Å². The number of nitrogens with zero attached hydrogens (tertiary/aromatic N) is 1. The van der Waals surface area contributed by atoms with Crippen molar-refractivity contribution in [1.82, 2.24) is 9.97 Å². The molecule has 27 heavy (non-hydrogen) atoms. The number of benzene rings is 1. The lowest BCUT2D eigenvalue weighted by Crippen LogP contribution is -2.23. The summed E-state index contributed by atoms with van der Waals surface area (Å²) < 4.78 is 55.1. The Morgan fingerprint density at radius 1 is 1.26 bits per heavy atom. The number of halogens is 3. The molecule has 3 rings (SSSR count). The first kappa shape index (κ1) is 19.2. The molecule has 0 saturated heterocycles. The zero-order chi connectivity index (χ0) is 19.9. The fourth-order valence-electron chi connectivity index (χ4n) is 2.44. The molecule has 0 atom stereocenters. The molecule has 0 radical (unpaired) electrons. The maximum absolute atomic E-state index is 14.8. The van der Waals surface area contributed by atoms with Crippen LogP contribution in [0.4, 0.5) is 14.5 Å². The molecule has 0 spiro atoms. The van der Waals surface area contributed by atoms with Crippen LogP contribution < -0.4 is 4.72 Å². The van der Waals surface area contributed by atoms with Crippen LogP contribution in [0.25, 0.3) is 11.0 Å². The van der Waals surface area contributed by atoms with Crippen molar-refractivity contribution in [1.29, 1.82) is 0 Å². The van der Waals surface area contributed by atoms with E-state index in [0.29, 0.717) is 0 Å². The fourth-order valence-corrected chi connectivity index (χ4v) is 3.39. The van der Waals surface area contributed by atoms with Crippen LogP contribution in [0.1, 0.15) is 29.8 Å². The molecule has 6 nitrogen and oxygen atoms in total. The van der Waals surface area contributed by atoms with E-state index < -0.39 is 43.9 Å². The molecule has 0 bridgehead atoms. The summed E-state index contributed by atoms with van der Waals surface area (Å²) >= 11 is 6.08. The van der Waals surface area contributed by atoms with Gasteiger partial charge >= 0.3 is 0 Å². The Balaban J connectivity index is 2.14. The van der Waals surface area contributed by atoms with E-state index in [2.05, 4.69) is 9.97 Å². The van der Waals surface area contributed by atoms with Crippen molar-refractivity contribution in [2.45, 2.75) is 19.1 Å². The number of pyridine rings is 1. The molecule has 0 amide bonds. The van der Waals surface area contributed by atoms with Gasteiger partial charge < -0.3 is 4.98 Å². The maximum Gasteiger partial charge on any atom is 0.235 e. The van der Waals surface area contributed by atoms with Gasteiger partial charge in [0.1, 0.15) is 11.5 Å². The maximum atomic E-state index is 14.8. The third kappa shape index (κ3) is 3.40. The SMILES string of the molecule is CC(C)S(=O)(=O)Nc1ccc(F)c(C(=O)c2c[nH]c3nccc(Cl)c23)c1F. The number of hydrogen-bond acceptors (Lipinski definition) is 4. The summed E-state index contributed by atoms with van der Waals surface area (Å²) in [4.78, 5) is 19.5. The summed E-state index contributed by atoms with van der Waals surface area (Å²) in [5.41, 5.74) is -1.20. The molecule has 0 saturated carbocycles. The second-order valence-corrected chi connectivity index (χ2v) is 8.67. The quantitative estimate of drug-likeness (QED) is 0.621. The highest BCUT2D eigenvalue weighted by Gasteiger charge is 2.27. The summed E-state index contributed by atoms with van der Waals surface area (Å²) in [5, 5.41) is -0.446. The van der Waals surface area contributed by atoms with E-state index in [1.165, 1.54) is 32.3 Å². The van der Waals surface area contributed by atoms with Gasteiger partial charge in [-0.1, -0.05) is 11.6 Å². The van der Waals surface area contributed by atoms with Gasteiger partial charge in [0.05, 0.1) is 27.1 Å². The normalized spacial score (nSPS) is 11.9. The first-order valence-corrected chi connectivity index (χ1v) is 9.72. The number of carbonyl (C=O) groups excluding carboxylic acids is 1. The van der Waals surface area contributed by atoms with Gasteiger partial charge in [0.2, 0.25) is 15.8 Å². The number of rotatable bonds is 5. The predicted octanol–water partition coefficient (Wildman–Crippen LogP) is 3.88. The fraction of sp³-hybridized carbons (Fsp3) is 0.176. The number of aromatic amines is 1. The van der Waals surface area contributed by atoms with Crippen molar-refractivity contribution in [3.8, 4) is 0 Å². The monoisotopic (exact) mass is 413 g/mol. The van der Waals surface area contributed by atoms with Gasteiger partial charge in [0.25, 0.3) is 0 Å². The molecule has 2 aromatic heterocycles. The second-order valence-electron chi connectivity index (χ2n) is 6.03. The van der Waals surface area contributed by atoms with E-state index in [0.717, 1.165) is 12.1 Å². The Labute approximate surface area is 158 Å². The molecule has 2 N–H and O–H groups in total. The van der Waals surface area contributed by atoms with Crippen LogP contribution in [0, 0.1) is 11.6 Å². The number of hydrogen-bond donors (Lipinski definition) is 2. The van der Waals surface area contributed by atoms with Crippen LogP contribution in [0.2, 0.25) is 5.02 Å². The van der Waals surface area contributed by atoms with Gasteiger partial charge in [-0.25, -0.2) is 22.2 Å². The van der Waals surface area contributed by atoms with Gasteiger partial charge in [-0.05, 0) is 32.0 Å². The lowest BCUT2D eigenvalue weighted by atomic mass is 10.0. The standard InChI is InChI=1S/C17H14ClF2N3O3S/c1-8(2)27(25,26)23-12-4-3-11(19)14(15(12)20)16(24)9-7-22-17-13(9)10(18)5-6-21-17/h3-8,23H,1-2H3,(H,21,22). The average Bonchev–Trinajstić information content (AvgIpc) is 3.03. The Kier molecular flexibility index (Phi) is 4.92. The predicted molar refractivity (Wildman–Crippen MR) is 98.6 cm³/mol. The Morgan fingerprint density at radius 2 is 1.96 bits per heavy atom. The van der Waals surface area contributed by atoms with E-state index in [4.69, 9.17) is 11.6 Å². The highest BCUT2D eigenvalue weighted by molar-refractivity contribution is 7.93. The zero-order valence-electron chi connectivity index (χ0n) is 14.2. The number of fused-ring (bicyclic) bond motifs is 1. The van der Waals surface area contributed by atoms with Crippen LogP contribution in [-0.2, 0) is 10.0 Å². The number of sulfonamides is 1. The van der Waals surface area contributed by atoms with Crippen LogP contribution >= 0.6 is 11.6 Å². The topological polar surface area (TPSA) is 91.9 Å². The minimum absolute atomic E-state index is 0.0789. The average molecular weight is 414 g/mol. The summed E-state index contributed by atoms with van der Waals surface area (Å²) in [6.07, 6.45) is 2.66. The number of H-pyrrole nitrogens is 1. The molecule has 0 aliphatic heterocycles. The summed E-state index contributed by atoms with van der Waals surface area (Å²) in [7, 11) is -3.89. The van der Waals surface area contributed by atoms with Gasteiger partial charge in [0, 0.05) is 17.8 Å². The van der Waals surface area contributed by atoms with Crippen molar-refractivity contribution in [2.24, 2.45) is 0 Å². The molecule has 0 aliphatic rings. The molecular formula is C17H14ClF2N3O3S. The Morgan fingerprint density at radius 3 is 2.63 bits per heavy atom. The number of anilines is 1. The third-order valence-electron chi connectivity index (χ3n) is 3.96. The third-order valence-corrected chi connectivity index (χ3v) is 6.02. The van der Waals surface area contributed by atoms with Crippen LogP contribution in [0.15, 0.2) is 30.6 Å². The molecule has 1 aromatic carbocycles.